The van der Waals surface area contributed by atoms with Crippen molar-refractivity contribution in [3.05, 3.63) is 60.2 Å². The van der Waals surface area contributed by atoms with E-state index in [1.807, 2.05) is 55.5 Å². The Bertz CT molecular complexity index is 944. The fourth-order valence-corrected chi connectivity index (χ4v) is 3.14. The molecule has 7 heteroatoms. The van der Waals surface area contributed by atoms with E-state index in [1.165, 1.54) is 11.8 Å². The number of hydrogen-bond donors (Lipinski definition) is 1. The lowest BCUT2D eigenvalue weighted by Crippen LogP contribution is -2.14. The Balaban J connectivity index is 1.61. The molecule has 2 aromatic carbocycles. The lowest BCUT2D eigenvalue weighted by molar-refractivity contribution is -0.113. The van der Waals surface area contributed by atoms with E-state index in [0.29, 0.717) is 22.2 Å². The van der Waals surface area contributed by atoms with Crippen molar-refractivity contribution in [1.82, 2.24) is 10.2 Å². The molecule has 0 aliphatic carbocycles. The first-order valence-corrected chi connectivity index (χ1v) is 9.63. The standard InChI is InChI=1S/C21H21N3O3S/c1-14-4-6-15(7-5-14)22-20(25)13-28-21-11-10-18(23-24-21)17-9-8-16(26-2)12-19(17)27-3/h4-12H,13H2,1-3H3,(H,22,25). The molecule has 0 spiro atoms. The number of aryl methyl sites for hydroxylation is 1. The first-order chi connectivity index (χ1) is 13.6. The van der Waals surface area contributed by atoms with Gasteiger partial charge >= 0.3 is 0 Å². The molecule has 28 heavy (non-hydrogen) atoms. The zero-order chi connectivity index (χ0) is 19.9. The summed E-state index contributed by atoms with van der Waals surface area (Å²) in [4.78, 5) is 12.1. The number of ether oxygens (including phenoxy) is 2. The minimum atomic E-state index is -0.0865. The molecule has 3 aromatic rings. The maximum Gasteiger partial charge on any atom is 0.234 e. The van der Waals surface area contributed by atoms with Crippen LogP contribution in [0.25, 0.3) is 11.3 Å². The lowest BCUT2D eigenvalue weighted by atomic mass is 10.1. The fourth-order valence-electron chi connectivity index (χ4n) is 2.52. The van der Waals surface area contributed by atoms with Gasteiger partial charge in [0.05, 0.1) is 25.7 Å². The van der Waals surface area contributed by atoms with Crippen LogP contribution in [0.15, 0.2) is 59.6 Å². The Morgan fingerprint density at radius 1 is 1.00 bits per heavy atom. The van der Waals surface area contributed by atoms with Gasteiger partial charge in [0.15, 0.2) is 0 Å². The second-order valence-corrected chi connectivity index (χ2v) is 7.02. The summed E-state index contributed by atoms with van der Waals surface area (Å²) < 4.78 is 10.6. The summed E-state index contributed by atoms with van der Waals surface area (Å²) >= 11 is 1.33. The number of rotatable bonds is 7. The van der Waals surface area contributed by atoms with Gasteiger partial charge in [-0.25, -0.2) is 0 Å². The molecule has 1 N–H and O–H groups in total. The minimum Gasteiger partial charge on any atom is -0.497 e. The van der Waals surface area contributed by atoms with Crippen LogP contribution in [-0.4, -0.2) is 36.1 Å². The van der Waals surface area contributed by atoms with Gasteiger partial charge < -0.3 is 14.8 Å². The van der Waals surface area contributed by atoms with E-state index in [1.54, 1.807) is 20.3 Å². The molecule has 0 aliphatic rings. The summed E-state index contributed by atoms with van der Waals surface area (Å²) in [5.74, 6) is 1.54. The molecule has 1 amide bonds. The van der Waals surface area contributed by atoms with Crippen molar-refractivity contribution >= 4 is 23.4 Å². The molecule has 0 radical (unpaired) electrons. The molecule has 3 rings (SSSR count). The molecular formula is C21H21N3O3S. The molecule has 6 nitrogen and oxygen atoms in total. The predicted molar refractivity (Wildman–Crippen MR) is 111 cm³/mol. The number of amides is 1. The molecule has 144 valence electrons. The number of aromatic nitrogens is 2. The zero-order valence-corrected chi connectivity index (χ0v) is 16.7. The van der Waals surface area contributed by atoms with E-state index >= 15 is 0 Å². The number of benzene rings is 2. The van der Waals surface area contributed by atoms with E-state index in [-0.39, 0.29) is 11.7 Å². The molecular weight excluding hydrogens is 374 g/mol. The van der Waals surface area contributed by atoms with Crippen LogP contribution >= 0.6 is 11.8 Å². The van der Waals surface area contributed by atoms with Crippen LogP contribution in [0, 0.1) is 6.92 Å². The number of carbonyl (C=O) groups excluding carboxylic acids is 1. The average Bonchev–Trinajstić information content (AvgIpc) is 2.74. The average molecular weight is 395 g/mol. The number of nitrogens with zero attached hydrogens (tertiary/aromatic N) is 2. The van der Waals surface area contributed by atoms with Crippen molar-refractivity contribution in [1.29, 1.82) is 0 Å². The Morgan fingerprint density at radius 3 is 2.43 bits per heavy atom. The van der Waals surface area contributed by atoms with Gasteiger partial charge in [0, 0.05) is 17.3 Å². The third-order valence-electron chi connectivity index (χ3n) is 4.01. The van der Waals surface area contributed by atoms with Crippen LogP contribution in [0.5, 0.6) is 11.5 Å². The van der Waals surface area contributed by atoms with Gasteiger partial charge in [0.25, 0.3) is 0 Å². The van der Waals surface area contributed by atoms with E-state index in [9.17, 15) is 4.79 Å². The number of anilines is 1. The lowest BCUT2D eigenvalue weighted by Gasteiger charge is -2.10. The summed E-state index contributed by atoms with van der Waals surface area (Å²) in [5.41, 5.74) is 3.44. The van der Waals surface area contributed by atoms with E-state index < -0.39 is 0 Å². The van der Waals surface area contributed by atoms with Crippen LogP contribution in [0.4, 0.5) is 5.69 Å². The first kappa shape index (κ1) is 19.7. The topological polar surface area (TPSA) is 73.3 Å². The Morgan fingerprint density at radius 2 is 1.79 bits per heavy atom. The third kappa shape index (κ3) is 5.01. The summed E-state index contributed by atoms with van der Waals surface area (Å²) in [6.07, 6.45) is 0. The molecule has 1 heterocycles. The van der Waals surface area contributed by atoms with Crippen LogP contribution in [0.1, 0.15) is 5.56 Å². The number of thioether (sulfide) groups is 1. The summed E-state index contributed by atoms with van der Waals surface area (Å²) in [6.45, 7) is 2.01. The summed E-state index contributed by atoms with van der Waals surface area (Å²) in [5, 5.41) is 12.0. The highest BCUT2D eigenvalue weighted by Gasteiger charge is 2.10. The molecule has 0 bridgehead atoms. The molecule has 0 saturated carbocycles. The monoisotopic (exact) mass is 395 g/mol. The van der Waals surface area contributed by atoms with Crippen molar-refractivity contribution in [2.75, 3.05) is 25.3 Å². The number of carbonyl (C=O) groups is 1. The summed E-state index contributed by atoms with van der Waals surface area (Å²) in [7, 11) is 3.21. The van der Waals surface area contributed by atoms with Gasteiger partial charge in [-0.15, -0.1) is 10.2 Å². The smallest absolute Gasteiger partial charge is 0.234 e. The van der Waals surface area contributed by atoms with Crippen molar-refractivity contribution in [3.63, 3.8) is 0 Å². The zero-order valence-electron chi connectivity index (χ0n) is 15.9. The predicted octanol–water partition coefficient (Wildman–Crippen LogP) is 4.20. The quantitative estimate of drug-likeness (QED) is 0.605. The number of methoxy groups -OCH3 is 2. The van der Waals surface area contributed by atoms with Crippen molar-refractivity contribution in [3.8, 4) is 22.8 Å². The summed E-state index contributed by atoms with van der Waals surface area (Å²) in [6, 6.07) is 16.9. The van der Waals surface area contributed by atoms with Crippen molar-refractivity contribution in [2.45, 2.75) is 11.9 Å². The third-order valence-corrected chi connectivity index (χ3v) is 4.93. The van der Waals surface area contributed by atoms with Crippen LogP contribution in [0.3, 0.4) is 0 Å². The molecule has 0 fully saturated rings. The molecule has 0 unspecified atom stereocenters. The van der Waals surface area contributed by atoms with Crippen LogP contribution < -0.4 is 14.8 Å². The van der Waals surface area contributed by atoms with E-state index in [0.717, 1.165) is 16.8 Å². The van der Waals surface area contributed by atoms with Gasteiger partial charge in [0.1, 0.15) is 16.5 Å². The number of hydrogen-bond acceptors (Lipinski definition) is 6. The van der Waals surface area contributed by atoms with Crippen LogP contribution in [-0.2, 0) is 4.79 Å². The second-order valence-electron chi connectivity index (χ2n) is 6.03. The Labute approximate surface area is 168 Å². The fraction of sp³-hybridized carbons (Fsp3) is 0.190. The molecule has 1 aromatic heterocycles. The van der Waals surface area contributed by atoms with E-state index in [4.69, 9.17) is 9.47 Å². The maximum absolute atomic E-state index is 12.1. The van der Waals surface area contributed by atoms with Crippen molar-refractivity contribution in [2.24, 2.45) is 0 Å². The highest BCUT2D eigenvalue weighted by Crippen LogP contribution is 2.32. The Hall–Kier alpha value is -3.06. The second kappa shape index (κ2) is 9.23. The highest BCUT2D eigenvalue weighted by atomic mass is 32.2. The van der Waals surface area contributed by atoms with Gasteiger partial charge in [0.2, 0.25) is 5.91 Å². The van der Waals surface area contributed by atoms with E-state index in [2.05, 4.69) is 15.5 Å². The minimum absolute atomic E-state index is 0.0865. The molecule has 0 aliphatic heterocycles. The highest BCUT2D eigenvalue weighted by molar-refractivity contribution is 7.99. The largest absolute Gasteiger partial charge is 0.497 e. The Kier molecular flexibility index (Phi) is 6.49. The van der Waals surface area contributed by atoms with Crippen LogP contribution in [0.2, 0.25) is 0 Å². The first-order valence-electron chi connectivity index (χ1n) is 8.64. The van der Waals surface area contributed by atoms with Gasteiger partial charge in [-0.2, -0.15) is 0 Å². The van der Waals surface area contributed by atoms with Crippen molar-refractivity contribution < 1.29 is 14.3 Å². The van der Waals surface area contributed by atoms with Gasteiger partial charge in [-0.3, -0.25) is 4.79 Å². The normalized spacial score (nSPS) is 10.4. The van der Waals surface area contributed by atoms with Gasteiger partial charge in [-0.1, -0.05) is 29.5 Å². The van der Waals surface area contributed by atoms with Gasteiger partial charge in [-0.05, 0) is 43.3 Å². The SMILES string of the molecule is COc1ccc(-c2ccc(SCC(=O)Nc3ccc(C)cc3)nn2)c(OC)c1. The molecule has 0 atom stereocenters. The maximum atomic E-state index is 12.1. The number of nitrogens with one attached hydrogen (secondary N) is 1. The molecule has 0 saturated heterocycles.